The number of ketones is 1. The van der Waals surface area contributed by atoms with Gasteiger partial charge in [-0.2, -0.15) is 0 Å². The number of fused-ring (bicyclic) bond motifs is 1. The highest BCUT2D eigenvalue weighted by Gasteiger charge is 2.36. The van der Waals surface area contributed by atoms with Crippen molar-refractivity contribution < 1.29 is 19.5 Å². The topological polar surface area (TPSA) is 74.7 Å². The van der Waals surface area contributed by atoms with E-state index in [-0.39, 0.29) is 13.0 Å². The first-order chi connectivity index (χ1) is 8.52. The fraction of sp³-hybridized carbons (Fsp3) is 0.308. The van der Waals surface area contributed by atoms with Gasteiger partial charge in [0, 0.05) is 13.0 Å². The number of rotatable bonds is 4. The van der Waals surface area contributed by atoms with Crippen LogP contribution in [-0.4, -0.2) is 29.3 Å². The molecule has 1 aliphatic heterocycles. The molecule has 1 heterocycles. The first-order valence-electron chi connectivity index (χ1n) is 5.70. The quantitative estimate of drug-likeness (QED) is 0.816. The monoisotopic (exact) mass is 247 g/mol. The molecule has 2 rings (SSSR count). The second-order valence-corrected chi connectivity index (χ2v) is 4.25. The summed E-state index contributed by atoms with van der Waals surface area (Å²) in [6.45, 7) is 2.09. The number of aliphatic carboxylic acids is 1. The highest BCUT2D eigenvalue weighted by Crippen LogP contribution is 2.32. The first-order valence-corrected chi connectivity index (χ1v) is 5.70. The average Bonchev–Trinajstić information content (AvgIpc) is 2.55. The minimum Gasteiger partial charge on any atom is -0.481 e. The Bertz CT molecular complexity index is 536. The van der Waals surface area contributed by atoms with E-state index in [2.05, 4.69) is 0 Å². The van der Waals surface area contributed by atoms with Gasteiger partial charge in [-0.05, 0) is 25.0 Å². The molecule has 1 N–H and O–H groups in total. The average molecular weight is 247 g/mol. The van der Waals surface area contributed by atoms with E-state index in [1.54, 1.807) is 12.1 Å². The molecule has 94 valence electrons. The zero-order valence-corrected chi connectivity index (χ0v) is 9.97. The molecule has 1 aromatic carbocycles. The summed E-state index contributed by atoms with van der Waals surface area (Å²) in [5, 5.41) is 8.58. The lowest BCUT2D eigenvalue weighted by Gasteiger charge is -2.17. The van der Waals surface area contributed by atoms with Crippen LogP contribution in [0.4, 0.5) is 5.69 Å². The number of para-hydroxylation sites is 1. The number of anilines is 1. The smallest absolute Gasteiger partial charge is 0.303 e. The molecule has 0 atom stereocenters. The molecular weight excluding hydrogens is 234 g/mol. The van der Waals surface area contributed by atoms with E-state index >= 15 is 0 Å². The van der Waals surface area contributed by atoms with Gasteiger partial charge in [-0.1, -0.05) is 12.1 Å². The van der Waals surface area contributed by atoms with Crippen LogP contribution in [0.25, 0.3) is 0 Å². The Morgan fingerprint density at radius 3 is 2.72 bits per heavy atom. The molecule has 0 bridgehead atoms. The van der Waals surface area contributed by atoms with Crippen molar-refractivity contribution in [2.45, 2.75) is 19.8 Å². The number of hydrogen-bond donors (Lipinski definition) is 1. The van der Waals surface area contributed by atoms with E-state index < -0.39 is 17.7 Å². The largest absolute Gasteiger partial charge is 0.481 e. The molecule has 1 aliphatic rings. The van der Waals surface area contributed by atoms with Crippen LogP contribution < -0.4 is 4.90 Å². The number of carbonyl (C=O) groups is 3. The van der Waals surface area contributed by atoms with Gasteiger partial charge < -0.3 is 10.0 Å². The van der Waals surface area contributed by atoms with E-state index in [4.69, 9.17) is 5.11 Å². The summed E-state index contributed by atoms with van der Waals surface area (Å²) in [5.74, 6) is -1.98. The van der Waals surface area contributed by atoms with Gasteiger partial charge in [0.05, 0.1) is 11.3 Å². The fourth-order valence-electron chi connectivity index (χ4n) is 2.14. The summed E-state index contributed by atoms with van der Waals surface area (Å²) < 4.78 is 0. The predicted octanol–water partition coefficient (Wildman–Crippen LogP) is 1.39. The number of benzene rings is 1. The molecule has 5 nitrogen and oxygen atoms in total. The van der Waals surface area contributed by atoms with Crippen LogP contribution >= 0.6 is 0 Å². The van der Waals surface area contributed by atoms with Crippen molar-refractivity contribution in [3.05, 3.63) is 29.3 Å². The summed E-state index contributed by atoms with van der Waals surface area (Å²) in [5.41, 5.74) is 1.88. The fourth-order valence-corrected chi connectivity index (χ4v) is 2.14. The van der Waals surface area contributed by atoms with Crippen molar-refractivity contribution in [2.24, 2.45) is 0 Å². The summed E-state index contributed by atoms with van der Waals surface area (Å²) in [6.07, 6.45) is 0.321. The van der Waals surface area contributed by atoms with Crippen molar-refractivity contribution in [3.63, 3.8) is 0 Å². The Morgan fingerprint density at radius 1 is 1.33 bits per heavy atom. The standard InChI is InChI=1S/C13H13NO4/c1-8-4-2-5-9-11(8)14(13(18)12(9)17)7-3-6-10(15)16/h2,4-5H,3,6-7H2,1H3,(H,15,16). The lowest BCUT2D eigenvalue weighted by Crippen LogP contribution is -2.31. The number of amides is 1. The first kappa shape index (κ1) is 12.3. The zero-order chi connectivity index (χ0) is 13.3. The third-order valence-corrected chi connectivity index (χ3v) is 2.96. The Kier molecular flexibility index (Phi) is 3.14. The van der Waals surface area contributed by atoms with Gasteiger partial charge in [-0.25, -0.2) is 0 Å². The number of carbonyl (C=O) groups excluding carboxylic acids is 2. The molecule has 5 heteroatoms. The van der Waals surface area contributed by atoms with Crippen LogP contribution in [0.3, 0.4) is 0 Å². The van der Waals surface area contributed by atoms with Crippen molar-refractivity contribution >= 4 is 23.3 Å². The molecule has 1 aromatic rings. The van der Waals surface area contributed by atoms with Gasteiger partial charge in [0.1, 0.15) is 0 Å². The van der Waals surface area contributed by atoms with Crippen LogP contribution in [0.5, 0.6) is 0 Å². The Balaban J connectivity index is 2.25. The Hall–Kier alpha value is -2.17. The molecule has 0 unspecified atom stereocenters. The molecule has 1 amide bonds. The molecule has 18 heavy (non-hydrogen) atoms. The highest BCUT2D eigenvalue weighted by molar-refractivity contribution is 6.52. The van der Waals surface area contributed by atoms with E-state index in [1.807, 2.05) is 13.0 Å². The SMILES string of the molecule is Cc1cccc2c1N(CCCC(=O)O)C(=O)C2=O. The molecule has 0 aromatic heterocycles. The van der Waals surface area contributed by atoms with Crippen molar-refractivity contribution in [3.8, 4) is 0 Å². The molecule has 0 saturated heterocycles. The lowest BCUT2D eigenvalue weighted by molar-refractivity contribution is -0.137. The number of carboxylic acids is 1. The maximum Gasteiger partial charge on any atom is 0.303 e. The minimum atomic E-state index is -0.905. The van der Waals surface area contributed by atoms with E-state index in [0.717, 1.165) is 5.56 Å². The third kappa shape index (κ3) is 1.99. The van der Waals surface area contributed by atoms with E-state index in [0.29, 0.717) is 17.7 Å². The van der Waals surface area contributed by atoms with Crippen molar-refractivity contribution in [1.29, 1.82) is 0 Å². The highest BCUT2D eigenvalue weighted by atomic mass is 16.4. The number of Topliss-reactive ketones (excluding diaryl/α,β-unsaturated/α-hetero) is 1. The lowest BCUT2D eigenvalue weighted by atomic mass is 10.1. The predicted molar refractivity (Wildman–Crippen MR) is 64.7 cm³/mol. The second-order valence-electron chi connectivity index (χ2n) is 4.25. The maximum atomic E-state index is 11.8. The van der Waals surface area contributed by atoms with E-state index in [1.165, 1.54) is 4.90 Å². The van der Waals surface area contributed by atoms with Crippen molar-refractivity contribution in [2.75, 3.05) is 11.4 Å². The Labute approximate surface area is 104 Å². The van der Waals surface area contributed by atoms with E-state index in [9.17, 15) is 14.4 Å². The van der Waals surface area contributed by atoms with Crippen LogP contribution in [0.1, 0.15) is 28.8 Å². The van der Waals surface area contributed by atoms with Gasteiger partial charge >= 0.3 is 5.97 Å². The molecule has 0 fully saturated rings. The van der Waals surface area contributed by atoms with Crippen LogP contribution in [0.15, 0.2) is 18.2 Å². The van der Waals surface area contributed by atoms with Crippen LogP contribution in [0, 0.1) is 6.92 Å². The van der Waals surface area contributed by atoms with Crippen LogP contribution in [0.2, 0.25) is 0 Å². The molecular formula is C13H13NO4. The minimum absolute atomic E-state index is 0.0147. The maximum absolute atomic E-state index is 11.8. The number of carboxylic acid groups (broad SMARTS) is 1. The summed E-state index contributed by atoms with van der Waals surface area (Å²) >= 11 is 0. The van der Waals surface area contributed by atoms with Crippen LogP contribution in [-0.2, 0) is 9.59 Å². The summed E-state index contributed by atoms with van der Waals surface area (Å²) in [4.78, 5) is 35.4. The normalized spacial score (nSPS) is 13.9. The molecule has 0 aliphatic carbocycles. The number of aryl methyl sites for hydroxylation is 1. The zero-order valence-electron chi connectivity index (χ0n) is 9.97. The molecule has 0 radical (unpaired) electrons. The summed E-state index contributed by atoms with van der Waals surface area (Å²) in [6, 6.07) is 5.19. The molecule has 0 spiro atoms. The second kappa shape index (κ2) is 4.60. The summed E-state index contributed by atoms with van der Waals surface area (Å²) in [7, 11) is 0. The van der Waals surface area contributed by atoms with Gasteiger partial charge in [0.2, 0.25) is 0 Å². The van der Waals surface area contributed by atoms with Gasteiger partial charge in [-0.15, -0.1) is 0 Å². The van der Waals surface area contributed by atoms with Gasteiger partial charge in [0.15, 0.2) is 0 Å². The number of nitrogens with zero attached hydrogens (tertiary/aromatic N) is 1. The molecule has 0 saturated carbocycles. The Morgan fingerprint density at radius 2 is 2.06 bits per heavy atom. The third-order valence-electron chi connectivity index (χ3n) is 2.96. The number of hydrogen-bond acceptors (Lipinski definition) is 3. The van der Waals surface area contributed by atoms with Gasteiger partial charge in [0.25, 0.3) is 11.7 Å². The van der Waals surface area contributed by atoms with Gasteiger partial charge in [-0.3, -0.25) is 14.4 Å². The van der Waals surface area contributed by atoms with Crippen molar-refractivity contribution in [1.82, 2.24) is 0 Å².